The van der Waals surface area contributed by atoms with Gasteiger partial charge >= 0.3 is 5.97 Å². The van der Waals surface area contributed by atoms with Gasteiger partial charge in [0.2, 0.25) is 0 Å². The number of halogens is 1. The van der Waals surface area contributed by atoms with E-state index in [2.05, 4.69) is 11.2 Å². The minimum atomic E-state index is -1.17. The molecule has 20 heavy (non-hydrogen) atoms. The average Bonchev–Trinajstić information content (AvgIpc) is 2.28. The van der Waals surface area contributed by atoms with E-state index in [0.717, 1.165) is 6.08 Å². The molecule has 0 radical (unpaired) electrons. The predicted octanol–water partition coefficient (Wildman–Crippen LogP) is 2.25. The van der Waals surface area contributed by atoms with Gasteiger partial charge in [0.05, 0.1) is 11.1 Å². The summed E-state index contributed by atoms with van der Waals surface area (Å²) >= 11 is 0. The van der Waals surface area contributed by atoms with Gasteiger partial charge in [0.25, 0.3) is 0 Å². The number of hydrogen-bond donors (Lipinski definition) is 2. The lowest BCUT2D eigenvalue weighted by Crippen LogP contribution is -2.59. The molecule has 1 rings (SSSR count). The molecule has 0 aromatic heterocycles. The summed E-state index contributed by atoms with van der Waals surface area (Å²) in [6.07, 6.45) is 7.06. The Kier molecular flexibility index (Phi) is 4.30. The van der Waals surface area contributed by atoms with Crippen LogP contribution in [0.1, 0.15) is 34.6 Å². The molecule has 2 N–H and O–H groups in total. The van der Waals surface area contributed by atoms with Crippen LogP contribution in [0.3, 0.4) is 0 Å². The molecule has 1 heterocycles. The Morgan fingerprint density at radius 3 is 2.40 bits per heavy atom. The molecular formula is C15H21FN2O2. The highest BCUT2D eigenvalue weighted by Gasteiger charge is 2.38. The Bertz CT molecular complexity index is 507. The Labute approximate surface area is 119 Å². The second-order valence-corrected chi connectivity index (χ2v) is 6.33. The molecule has 1 aliphatic rings. The Morgan fingerprint density at radius 2 is 2.00 bits per heavy atom. The molecule has 0 amide bonds. The van der Waals surface area contributed by atoms with Crippen molar-refractivity contribution >= 4 is 5.97 Å². The van der Waals surface area contributed by atoms with Gasteiger partial charge < -0.3 is 10.0 Å². The first kappa shape index (κ1) is 16.3. The number of rotatable bonds is 3. The third-order valence-corrected chi connectivity index (χ3v) is 2.94. The topological polar surface area (TPSA) is 52.6 Å². The molecule has 4 nitrogen and oxygen atoms in total. The van der Waals surface area contributed by atoms with Gasteiger partial charge in [0.1, 0.15) is 12.0 Å². The number of nitrogens with zero attached hydrogens (tertiary/aromatic N) is 1. The lowest BCUT2D eigenvalue weighted by Gasteiger charge is -2.44. The highest BCUT2D eigenvalue weighted by Crippen LogP contribution is 2.28. The molecule has 0 fully saturated rings. The van der Waals surface area contributed by atoms with Crippen LogP contribution in [0.25, 0.3) is 0 Å². The molecule has 1 aliphatic heterocycles. The van der Waals surface area contributed by atoms with Crippen LogP contribution in [0, 0.1) is 12.3 Å². The average molecular weight is 280 g/mol. The van der Waals surface area contributed by atoms with Gasteiger partial charge in [0, 0.05) is 11.7 Å². The van der Waals surface area contributed by atoms with Gasteiger partial charge in [-0.05, 0) is 40.7 Å². The van der Waals surface area contributed by atoms with Crippen molar-refractivity contribution < 1.29 is 14.3 Å². The zero-order valence-corrected chi connectivity index (χ0v) is 12.5. The normalized spacial score (nSPS) is 20.1. The standard InChI is InChI=1S/C15H21FN2O2/c1-7-15(5,6)18-9-10(16)8-11(13(19)20)12(18)17-14(2,3)4/h1,8-9,12,17H,2-6H3,(H,19,20). The van der Waals surface area contributed by atoms with Crippen molar-refractivity contribution in [2.24, 2.45) is 0 Å². The van der Waals surface area contributed by atoms with E-state index in [1.807, 2.05) is 20.8 Å². The summed E-state index contributed by atoms with van der Waals surface area (Å²) in [5, 5.41) is 12.5. The van der Waals surface area contributed by atoms with E-state index < -0.39 is 23.5 Å². The van der Waals surface area contributed by atoms with Crippen molar-refractivity contribution in [1.82, 2.24) is 10.2 Å². The Balaban J connectivity index is 3.31. The van der Waals surface area contributed by atoms with E-state index >= 15 is 0 Å². The summed E-state index contributed by atoms with van der Waals surface area (Å²) in [6, 6.07) is 0. The summed E-state index contributed by atoms with van der Waals surface area (Å²) in [4.78, 5) is 12.9. The van der Waals surface area contributed by atoms with Gasteiger partial charge in [-0.1, -0.05) is 5.92 Å². The minimum absolute atomic E-state index is 0.0664. The summed E-state index contributed by atoms with van der Waals surface area (Å²) in [5.74, 6) is 0.761. The third-order valence-electron chi connectivity index (χ3n) is 2.94. The van der Waals surface area contributed by atoms with E-state index in [1.54, 1.807) is 13.8 Å². The number of terminal acetylenes is 1. The molecule has 0 saturated carbocycles. The lowest BCUT2D eigenvalue weighted by atomic mass is 9.97. The number of allylic oxidation sites excluding steroid dienone is 2. The van der Waals surface area contributed by atoms with Crippen molar-refractivity contribution in [2.75, 3.05) is 0 Å². The number of aliphatic carboxylic acids is 1. The molecule has 0 aromatic rings. The highest BCUT2D eigenvalue weighted by molar-refractivity contribution is 5.89. The van der Waals surface area contributed by atoms with Crippen LogP contribution < -0.4 is 5.32 Å². The van der Waals surface area contributed by atoms with Crippen molar-refractivity contribution in [3.05, 3.63) is 23.7 Å². The third kappa shape index (κ3) is 3.61. The zero-order valence-electron chi connectivity index (χ0n) is 12.5. The number of carboxylic acid groups (broad SMARTS) is 1. The lowest BCUT2D eigenvalue weighted by molar-refractivity contribution is -0.133. The van der Waals surface area contributed by atoms with Gasteiger partial charge in [-0.3, -0.25) is 5.32 Å². The first-order valence-corrected chi connectivity index (χ1v) is 6.34. The smallest absolute Gasteiger partial charge is 0.335 e. The fraction of sp³-hybridized carbons (Fsp3) is 0.533. The van der Waals surface area contributed by atoms with Crippen LogP contribution in [-0.2, 0) is 4.79 Å². The minimum Gasteiger partial charge on any atom is -0.478 e. The molecule has 1 unspecified atom stereocenters. The van der Waals surface area contributed by atoms with Crippen LogP contribution in [0.15, 0.2) is 23.7 Å². The van der Waals surface area contributed by atoms with Crippen LogP contribution >= 0.6 is 0 Å². The number of nitrogens with one attached hydrogen (secondary N) is 1. The summed E-state index contributed by atoms with van der Waals surface area (Å²) in [5.41, 5.74) is -1.25. The van der Waals surface area contributed by atoms with Crippen LogP contribution in [-0.4, -0.2) is 33.2 Å². The molecule has 1 atom stereocenters. The number of carboxylic acids is 1. The second-order valence-electron chi connectivity index (χ2n) is 6.33. The summed E-state index contributed by atoms with van der Waals surface area (Å²) in [7, 11) is 0. The molecule has 0 saturated heterocycles. The number of carbonyl (C=O) groups is 1. The van der Waals surface area contributed by atoms with E-state index in [1.165, 1.54) is 11.1 Å². The maximum atomic E-state index is 13.7. The predicted molar refractivity (Wildman–Crippen MR) is 76.3 cm³/mol. The van der Waals surface area contributed by atoms with Crippen LogP contribution in [0.2, 0.25) is 0 Å². The van der Waals surface area contributed by atoms with Crippen molar-refractivity contribution in [1.29, 1.82) is 0 Å². The summed E-state index contributed by atoms with van der Waals surface area (Å²) < 4.78 is 13.7. The fourth-order valence-electron chi connectivity index (χ4n) is 1.92. The highest BCUT2D eigenvalue weighted by atomic mass is 19.1. The maximum Gasteiger partial charge on any atom is 0.335 e. The fourth-order valence-corrected chi connectivity index (χ4v) is 1.92. The quantitative estimate of drug-likeness (QED) is 0.779. The molecule has 5 heteroatoms. The van der Waals surface area contributed by atoms with E-state index in [4.69, 9.17) is 6.42 Å². The van der Waals surface area contributed by atoms with Gasteiger partial charge in [-0.15, -0.1) is 6.42 Å². The second kappa shape index (κ2) is 5.29. The first-order chi connectivity index (χ1) is 8.98. The van der Waals surface area contributed by atoms with Gasteiger partial charge in [-0.25, -0.2) is 9.18 Å². The molecule has 0 spiro atoms. The van der Waals surface area contributed by atoms with E-state index in [9.17, 15) is 14.3 Å². The molecular weight excluding hydrogens is 259 g/mol. The van der Waals surface area contributed by atoms with E-state index in [0.29, 0.717) is 0 Å². The molecule has 110 valence electrons. The number of hydrogen-bond acceptors (Lipinski definition) is 3. The van der Waals surface area contributed by atoms with Crippen LogP contribution in [0.5, 0.6) is 0 Å². The Morgan fingerprint density at radius 1 is 1.45 bits per heavy atom. The van der Waals surface area contributed by atoms with Gasteiger partial charge in [0.15, 0.2) is 0 Å². The van der Waals surface area contributed by atoms with Crippen molar-refractivity contribution in [3.63, 3.8) is 0 Å². The van der Waals surface area contributed by atoms with Crippen LogP contribution in [0.4, 0.5) is 4.39 Å². The SMILES string of the molecule is C#CC(C)(C)N1C=C(F)C=C(C(=O)O)C1NC(C)(C)C. The first-order valence-electron chi connectivity index (χ1n) is 6.34. The zero-order chi connectivity index (χ0) is 15.7. The Hall–Kier alpha value is -1.80. The monoisotopic (exact) mass is 280 g/mol. The molecule has 0 bridgehead atoms. The van der Waals surface area contributed by atoms with Crippen molar-refractivity contribution in [2.45, 2.75) is 51.9 Å². The van der Waals surface area contributed by atoms with E-state index in [-0.39, 0.29) is 11.1 Å². The largest absolute Gasteiger partial charge is 0.478 e. The molecule has 0 aromatic carbocycles. The summed E-state index contributed by atoms with van der Waals surface area (Å²) in [6.45, 7) is 9.18. The van der Waals surface area contributed by atoms with Gasteiger partial charge in [-0.2, -0.15) is 0 Å². The van der Waals surface area contributed by atoms with Crippen molar-refractivity contribution in [3.8, 4) is 12.3 Å². The maximum absolute atomic E-state index is 13.7. The molecule has 0 aliphatic carbocycles.